The Kier molecular flexibility index (Phi) is 2.53. The van der Waals surface area contributed by atoms with Crippen molar-refractivity contribution in [2.24, 2.45) is 0 Å². The molecule has 4 nitrogen and oxygen atoms in total. The van der Waals surface area contributed by atoms with Gasteiger partial charge in [-0.3, -0.25) is 4.98 Å². The van der Waals surface area contributed by atoms with E-state index in [1.54, 1.807) is 18.3 Å². The van der Waals surface area contributed by atoms with Gasteiger partial charge in [0.25, 0.3) is 0 Å². The molecule has 15 heavy (non-hydrogen) atoms. The number of nitrogens with two attached hydrogens (primary N) is 1. The molecule has 0 aromatic carbocycles. The van der Waals surface area contributed by atoms with E-state index in [0.717, 1.165) is 11.9 Å². The number of hydrogen-bond donors (Lipinski definition) is 1. The van der Waals surface area contributed by atoms with Gasteiger partial charge < -0.3 is 5.73 Å². The smallest absolute Gasteiger partial charge is 0.220 e. The van der Waals surface area contributed by atoms with Gasteiger partial charge in [0.05, 0.1) is 11.9 Å². The molecule has 2 aromatic rings. The Hall–Kier alpha value is -2.04. The number of rotatable bonds is 2. The summed E-state index contributed by atoms with van der Waals surface area (Å²) < 4.78 is 13.2. The van der Waals surface area contributed by atoms with Crippen molar-refractivity contribution >= 4 is 5.95 Å². The Morgan fingerprint density at radius 2 is 2.13 bits per heavy atom. The van der Waals surface area contributed by atoms with Crippen LogP contribution in [0.3, 0.4) is 0 Å². The molecule has 2 aromatic heterocycles. The summed E-state index contributed by atoms with van der Waals surface area (Å²) in [5.74, 6) is -0.391. The standard InChI is InChI=1S/C10H9FN4/c11-8-6-14-10(12)15-9(8)5-7-3-1-2-4-13-7/h1-4,6H,5H2,(H2,12,14,15). The molecule has 0 spiro atoms. The minimum absolute atomic E-state index is 0.0716. The lowest BCUT2D eigenvalue weighted by molar-refractivity contribution is 0.596. The fourth-order valence-electron chi connectivity index (χ4n) is 1.22. The molecule has 0 aliphatic carbocycles. The van der Waals surface area contributed by atoms with Crippen molar-refractivity contribution in [3.8, 4) is 0 Å². The van der Waals surface area contributed by atoms with E-state index in [2.05, 4.69) is 15.0 Å². The van der Waals surface area contributed by atoms with E-state index < -0.39 is 5.82 Å². The highest BCUT2D eigenvalue weighted by Crippen LogP contribution is 2.09. The molecule has 2 rings (SSSR count). The molecule has 0 saturated carbocycles. The third-order valence-corrected chi connectivity index (χ3v) is 1.91. The van der Waals surface area contributed by atoms with E-state index in [4.69, 9.17) is 5.73 Å². The van der Waals surface area contributed by atoms with E-state index in [-0.39, 0.29) is 11.6 Å². The number of hydrogen-bond acceptors (Lipinski definition) is 4. The first-order valence-corrected chi connectivity index (χ1v) is 4.42. The van der Waals surface area contributed by atoms with Crippen LogP contribution in [0.2, 0.25) is 0 Å². The molecule has 76 valence electrons. The topological polar surface area (TPSA) is 64.7 Å². The first-order chi connectivity index (χ1) is 7.25. The molecule has 2 heterocycles. The van der Waals surface area contributed by atoms with E-state index in [9.17, 15) is 4.39 Å². The van der Waals surface area contributed by atoms with Crippen LogP contribution in [0.1, 0.15) is 11.4 Å². The summed E-state index contributed by atoms with van der Waals surface area (Å²) in [6.07, 6.45) is 3.04. The van der Waals surface area contributed by atoms with Gasteiger partial charge in [-0.05, 0) is 12.1 Å². The highest BCUT2D eigenvalue weighted by molar-refractivity contribution is 5.22. The molecule has 0 bridgehead atoms. The first-order valence-electron chi connectivity index (χ1n) is 4.42. The summed E-state index contributed by atoms with van der Waals surface area (Å²) in [7, 11) is 0. The predicted molar refractivity (Wildman–Crippen MR) is 53.4 cm³/mol. The largest absolute Gasteiger partial charge is 0.368 e. The second-order valence-corrected chi connectivity index (χ2v) is 3.02. The molecule has 0 aliphatic heterocycles. The second-order valence-electron chi connectivity index (χ2n) is 3.02. The van der Waals surface area contributed by atoms with E-state index in [0.29, 0.717) is 6.42 Å². The Balaban J connectivity index is 2.28. The molecule has 0 radical (unpaired) electrons. The van der Waals surface area contributed by atoms with Gasteiger partial charge in [0.15, 0.2) is 5.82 Å². The number of pyridine rings is 1. The molecular weight excluding hydrogens is 195 g/mol. The van der Waals surface area contributed by atoms with Crippen LogP contribution in [-0.2, 0) is 6.42 Å². The maximum Gasteiger partial charge on any atom is 0.220 e. The molecule has 0 fully saturated rings. The molecule has 2 N–H and O–H groups in total. The fraction of sp³-hybridized carbons (Fsp3) is 0.100. The van der Waals surface area contributed by atoms with Crippen LogP contribution < -0.4 is 5.73 Å². The van der Waals surface area contributed by atoms with Crippen molar-refractivity contribution < 1.29 is 4.39 Å². The number of nitrogens with zero attached hydrogens (tertiary/aromatic N) is 3. The maximum atomic E-state index is 13.2. The predicted octanol–water partition coefficient (Wildman–Crippen LogP) is 1.18. The van der Waals surface area contributed by atoms with Gasteiger partial charge >= 0.3 is 0 Å². The van der Waals surface area contributed by atoms with Gasteiger partial charge in [-0.15, -0.1) is 0 Å². The molecule has 0 atom stereocenters. The van der Waals surface area contributed by atoms with Crippen molar-refractivity contribution in [3.63, 3.8) is 0 Å². The average Bonchev–Trinajstić information content (AvgIpc) is 2.25. The highest BCUT2D eigenvalue weighted by atomic mass is 19.1. The van der Waals surface area contributed by atoms with Gasteiger partial charge in [0.2, 0.25) is 5.95 Å². The number of aromatic nitrogens is 3. The van der Waals surface area contributed by atoms with Crippen LogP contribution in [0.5, 0.6) is 0 Å². The van der Waals surface area contributed by atoms with E-state index in [1.807, 2.05) is 6.07 Å². The van der Waals surface area contributed by atoms with Crippen molar-refractivity contribution in [1.82, 2.24) is 15.0 Å². The van der Waals surface area contributed by atoms with Crippen molar-refractivity contribution in [1.29, 1.82) is 0 Å². The average molecular weight is 204 g/mol. The van der Waals surface area contributed by atoms with Crippen molar-refractivity contribution in [3.05, 3.63) is 47.8 Å². The molecule has 0 aliphatic rings. The quantitative estimate of drug-likeness (QED) is 0.797. The summed E-state index contributed by atoms with van der Waals surface area (Å²) in [6.45, 7) is 0. The zero-order valence-electron chi connectivity index (χ0n) is 7.89. The number of nitrogen functional groups attached to an aromatic ring is 1. The number of halogens is 1. The molecule has 0 saturated heterocycles. The minimum atomic E-state index is -0.463. The van der Waals surface area contributed by atoms with Crippen LogP contribution in [0.25, 0.3) is 0 Å². The molecular formula is C10H9FN4. The third-order valence-electron chi connectivity index (χ3n) is 1.91. The van der Waals surface area contributed by atoms with Gasteiger partial charge in [-0.25, -0.2) is 14.4 Å². The summed E-state index contributed by atoms with van der Waals surface area (Å²) in [5, 5.41) is 0. The van der Waals surface area contributed by atoms with Crippen LogP contribution in [0.4, 0.5) is 10.3 Å². The van der Waals surface area contributed by atoms with Crippen LogP contribution in [0.15, 0.2) is 30.6 Å². The molecule has 0 amide bonds. The fourth-order valence-corrected chi connectivity index (χ4v) is 1.22. The molecule has 0 unspecified atom stereocenters. The normalized spacial score (nSPS) is 10.2. The van der Waals surface area contributed by atoms with Crippen LogP contribution >= 0.6 is 0 Å². The third kappa shape index (κ3) is 2.25. The van der Waals surface area contributed by atoms with Gasteiger partial charge in [-0.2, -0.15) is 0 Å². The van der Waals surface area contributed by atoms with E-state index in [1.165, 1.54) is 0 Å². The lowest BCUT2D eigenvalue weighted by Crippen LogP contribution is -2.03. The summed E-state index contributed by atoms with van der Waals surface area (Å²) in [5.41, 5.74) is 6.38. The second kappa shape index (κ2) is 4.00. The zero-order valence-corrected chi connectivity index (χ0v) is 7.89. The van der Waals surface area contributed by atoms with Crippen LogP contribution in [-0.4, -0.2) is 15.0 Å². The Morgan fingerprint density at radius 1 is 1.27 bits per heavy atom. The first kappa shape index (κ1) is 9.51. The number of anilines is 1. The summed E-state index contributed by atoms with van der Waals surface area (Å²) in [4.78, 5) is 11.4. The Bertz CT molecular complexity index is 458. The molecule has 5 heteroatoms. The SMILES string of the molecule is Nc1ncc(F)c(Cc2ccccn2)n1. The van der Waals surface area contributed by atoms with Crippen molar-refractivity contribution in [2.45, 2.75) is 6.42 Å². The van der Waals surface area contributed by atoms with Crippen LogP contribution in [0, 0.1) is 5.82 Å². The lowest BCUT2D eigenvalue weighted by Gasteiger charge is -2.01. The Morgan fingerprint density at radius 3 is 2.87 bits per heavy atom. The monoisotopic (exact) mass is 204 g/mol. The van der Waals surface area contributed by atoms with Crippen molar-refractivity contribution in [2.75, 3.05) is 5.73 Å². The highest BCUT2D eigenvalue weighted by Gasteiger charge is 2.06. The van der Waals surface area contributed by atoms with E-state index >= 15 is 0 Å². The summed E-state index contributed by atoms with van der Waals surface area (Å²) >= 11 is 0. The van der Waals surface area contributed by atoms with Gasteiger partial charge in [-0.1, -0.05) is 6.07 Å². The lowest BCUT2D eigenvalue weighted by atomic mass is 10.2. The maximum absolute atomic E-state index is 13.2. The van der Waals surface area contributed by atoms with Gasteiger partial charge in [0.1, 0.15) is 0 Å². The minimum Gasteiger partial charge on any atom is -0.368 e. The summed E-state index contributed by atoms with van der Waals surface area (Å²) in [6, 6.07) is 5.44. The Labute approximate surface area is 86.0 Å². The zero-order chi connectivity index (χ0) is 10.7. The van der Waals surface area contributed by atoms with Gasteiger partial charge in [0, 0.05) is 18.3 Å².